The van der Waals surface area contributed by atoms with Crippen LogP contribution in [0.4, 0.5) is 22.0 Å². The van der Waals surface area contributed by atoms with Gasteiger partial charge in [0.1, 0.15) is 11.6 Å². The highest BCUT2D eigenvalue weighted by atomic mass is 19.4. The average Bonchev–Trinajstić information content (AvgIpc) is 2.88. The van der Waals surface area contributed by atoms with Gasteiger partial charge in [0.15, 0.2) is 6.29 Å². The standard InChI is InChI=1S/C30H33F5O2/c1-2-3-4-5-20-18-36-29(37-19-20)24-12-10-22(11-13-24)21-6-8-23(9-7-21)25-16-27(31)26(28(32)17-25)14-15-30(33,34)35/h6-9,16-17,20,22,24,29H,2-5,10-13,18-19H2,1H3. The number of halogens is 5. The lowest BCUT2D eigenvalue weighted by atomic mass is 9.78. The van der Waals surface area contributed by atoms with Gasteiger partial charge in [0.2, 0.25) is 0 Å². The molecular weight excluding hydrogens is 487 g/mol. The molecule has 2 fully saturated rings. The highest BCUT2D eigenvalue weighted by molar-refractivity contribution is 5.65. The molecule has 2 aromatic rings. The summed E-state index contributed by atoms with van der Waals surface area (Å²) < 4.78 is 77.6. The first-order valence-corrected chi connectivity index (χ1v) is 13.2. The van der Waals surface area contributed by atoms with E-state index in [0.29, 0.717) is 23.3 Å². The van der Waals surface area contributed by atoms with Crippen molar-refractivity contribution in [3.63, 3.8) is 0 Å². The highest BCUT2D eigenvalue weighted by Gasteiger charge is 2.32. The van der Waals surface area contributed by atoms with Crippen LogP contribution in [0.15, 0.2) is 36.4 Å². The second-order valence-corrected chi connectivity index (χ2v) is 10.2. The fourth-order valence-electron chi connectivity index (χ4n) is 5.34. The van der Waals surface area contributed by atoms with Crippen LogP contribution in [0, 0.1) is 35.3 Å². The topological polar surface area (TPSA) is 18.5 Å². The molecule has 37 heavy (non-hydrogen) atoms. The van der Waals surface area contributed by atoms with Crippen molar-refractivity contribution in [1.82, 2.24) is 0 Å². The van der Waals surface area contributed by atoms with Crippen LogP contribution < -0.4 is 0 Å². The van der Waals surface area contributed by atoms with Crippen LogP contribution in [0.2, 0.25) is 0 Å². The van der Waals surface area contributed by atoms with E-state index in [1.165, 1.54) is 25.7 Å². The van der Waals surface area contributed by atoms with E-state index in [0.717, 1.165) is 62.5 Å². The third-order valence-corrected chi connectivity index (χ3v) is 7.45. The number of benzene rings is 2. The molecular formula is C30H33F5O2. The molecule has 0 aromatic heterocycles. The van der Waals surface area contributed by atoms with Gasteiger partial charge in [0, 0.05) is 17.8 Å². The van der Waals surface area contributed by atoms with E-state index in [4.69, 9.17) is 9.47 Å². The maximum atomic E-state index is 14.3. The van der Waals surface area contributed by atoms with Crippen molar-refractivity contribution in [2.75, 3.05) is 13.2 Å². The van der Waals surface area contributed by atoms with E-state index in [9.17, 15) is 22.0 Å². The molecule has 2 aromatic carbocycles. The monoisotopic (exact) mass is 520 g/mol. The van der Waals surface area contributed by atoms with Crippen LogP contribution in [-0.2, 0) is 9.47 Å². The van der Waals surface area contributed by atoms with Gasteiger partial charge in [-0.05, 0) is 66.8 Å². The Hall–Kier alpha value is -2.43. The molecule has 0 bridgehead atoms. The minimum Gasteiger partial charge on any atom is -0.352 e. The van der Waals surface area contributed by atoms with Gasteiger partial charge in [-0.3, -0.25) is 0 Å². The molecule has 1 saturated heterocycles. The lowest BCUT2D eigenvalue weighted by molar-refractivity contribution is -0.229. The predicted molar refractivity (Wildman–Crippen MR) is 133 cm³/mol. The van der Waals surface area contributed by atoms with E-state index in [2.05, 4.69) is 6.92 Å². The maximum Gasteiger partial charge on any atom is 0.458 e. The second kappa shape index (κ2) is 12.4. The molecule has 4 rings (SSSR count). The third-order valence-electron chi connectivity index (χ3n) is 7.45. The van der Waals surface area contributed by atoms with E-state index >= 15 is 0 Å². The lowest BCUT2D eigenvalue weighted by Gasteiger charge is -2.37. The number of hydrogen-bond donors (Lipinski definition) is 0. The molecule has 1 aliphatic carbocycles. The molecule has 0 unspecified atom stereocenters. The van der Waals surface area contributed by atoms with E-state index < -0.39 is 23.4 Å². The third kappa shape index (κ3) is 7.55. The number of ether oxygens (including phenoxy) is 2. The summed E-state index contributed by atoms with van der Waals surface area (Å²) >= 11 is 0. The van der Waals surface area contributed by atoms with Crippen molar-refractivity contribution in [2.24, 2.45) is 11.8 Å². The number of rotatable bonds is 7. The molecule has 200 valence electrons. The summed E-state index contributed by atoms with van der Waals surface area (Å²) in [5.41, 5.74) is 1.12. The Morgan fingerprint density at radius 3 is 2.05 bits per heavy atom. The molecule has 1 heterocycles. The average molecular weight is 521 g/mol. The Labute approximate surface area is 215 Å². The van der Waals surface area contributed by atoms with Gasteiger partial charge in [-0.15, -0.1) is 0 Å². The zero-order valence-electron chi connectivity index (χ0n) is 21.1. The van der Waals surface area contributed by atoms with Crippen LogP contribution in [0.5, 0.6) is 0 Å². The van der Waals surface area contributed by atoms with Crippen LogP contribution >= 0.6 is 0 Å². The quantitative estimate of drug-likeness (QED) is 0.207. The van der Waals surface area contributed by atoms with Crippen molar-refractivity contribution in [3.8, 4) is 23.0 Å². The van der Waals surface area contributed by atoms with Crippen molar-refractivity contribution in [2.45, 2.75) is 76.7 Å². The molecule has 7 heteroatoms. The summed E-state index contributed by atoms with van der Waals surface area (Å²) in [4.78, 5) is 0. The zero-order valence-corrected chi connectivity index (χ0v) is 21.1. The first-order valence-electron chi connectivity index (χ1n) is 13.2. The van der Waals surface area contributed by atoms with Crippen molar-refractivity contribution in [1.29, 1.82) is 0 Å². The van der Waals surface area contributed by atoms with E-state index in [1.807, 2.05) is 12.1 Å². The molecule has 1 saturated carbocycles. The number of alkyl halides is 3. The largest absolute Gasteiger partial charge is 0.458 e. The summed E-state index contributed by atoms with van der Waals surface area (Å²) in [5, 5.41) is 0. The molecule has 1 aliphatic heterocycles. The van der Waals surface area contributed by atoms with Gasteiger partial charge >= 0.3 is 6.18 Å². The van der Waals surface area contributed by atoms with Gasteiger partial charge in [0.25, 0.3) is 0 Å². The minimum atomic E-state index is -4.82. The zero-order chi connectivity index (χ0) is 26.4. The predicted octanol–water partition coefficient (Wildman–Crippen LogP) is 8.39. The Balaban J connectivity index is 1.31. The van der Waals surface area contributed by atoms with Crippen molar-refractivity contribution in [3.05, 3.63) is 59.2 Å². The molecule has 0 atom stereocenters. The van der Waals surface area contributed by atoms with E-state index in [-0.39, 0.29) is 11.9 Å². The Kier molecular flexibility index (Phi) is 9.26. The molecule has 2 aliphatic rings. The van der Waals surface area contributed by atoms with Crippen molar-refractivity contribution < 1.29 is 31.4 Å². The first kappa shape index (κ1) is 27.6. The SMILES string of the molecule is CCCCCC1COC(C2CCC(c3ccc(-c4cc(F)c(C#CC(F)(F)F)c(F)c4)cc3)CC2)OC1. The van der Waals surface area contributed by atoms with Crippen LogP contribution in [0.3, 0.4) is 0 Å². The Bertz CT molecular complexity index is 1060. The Morgan fingerprint density at radius 2 is 1.49 bits per heavy atom. The summed E-state index contributed by atoms with van der Waals surface area (Å²) in [6.07, 6.45) is 4.02. The maximum absolute atomic E-state index is 14.3. The Morgan fingerprint density at radius 1 is 0.865 bits per heavy atom. The van der Waals surface area contributed by atoms with Crippen LogP contribution in [0.25, 0.3) is 11.1 Å². The van der Waals surface area contributed by atoms with E-state index in [1.54, 1.807) is 18.1 Å². The molecule has 2 nitrogen and oxygen atoms in total. The van der Waals surface area contributed by atoms with Gasteiger partial charge in [-0.2, -0.15) is 13.2 Å². The van der Waals surface area contributed by atoms with Crippen LogP contribution in [-0.4, -0.2) is 25.7 Å². The fraction of sp³-hybridized carbons (Fsp3) is 0.533. The minimum absolute atomic E-state index is 0.112. The summed E-state index contributed by atoms with van der Waals surface area (Å²) in [6.45, 7) is 3.78. The number of hydrogen-bond acceptors (Lipinski definition) is 2. The smallest absolute Gasteiger partial charge is 0.352 e. The molecule has 0 N–H and O–H groups in total. The molecule has 0 amide bonds. The number of unbranched alkanes of at least 4 members (excludes halogenated alkanes) is 2. The molecule has 0 spiro atoms. The first-order chi connectivity index (χ1) is 17.7. The molecule has 0 radical (unpaired) electrons. The van der Waals surface area contributed by atoms with Crippen molar-refractivity contribution >= 4 is 0 Å². The summed E-state index contributed by atoms with van der Waals surface area (Å²) in [5.74, 6) is 1.52. The van der Waals surface area contributed by atoms with Crippen LogP contribution in [0.1, 0.15) is 75.3 Å². The summed E-state index contributed by atoms with van der Waals surface area (Å²) in [7, 11) is 0. The summed E-state index contributed by atoms with van der Waals surface area (Å²) in [6, 6.07) is 9.54. The van der Waals surface area contributed by atoms with Gasteiger partial charge < -0.3 is 9.47 Å². The normalized spacial score (nSPS) is 24.4. The highest BCUT2D eigenvalue weighted by Crippen LogP contribution is 2.39. The van der Waals surface area contributed by atoms with Gasteiger partial charge in [-0.1, -0.05) is 56.4 Å². The van der Waals surface area contributed by atoms with Gasteiger partial charge in [0.05, 0.1) is 18.8 Å². The fourth-order valence-corrected chi connectivity index (χ4v) is 5.34. The lowest BCUT2D eigenvalue weighted by Crippen LogP contribution is -2.38. The second-order valence-electron chi connectivity index (χ2n) is 10.2. The van der Waals surface area contributed by atoms with Gasteiger partial charge in [-0.25, -0.2) is 8.78 Å².